The summed E-state index contributed by atoms with van der Waals surface area (Å²) in [6.07, 6.45) is 2.88. The van der Waals surface area contributed by atoms with Crippen molar-refractivity contribution < 1.29 is 27.7 Å². The molecular weight excluding hydrogens is 544 g/mol. The zero-order chi connectivity index (χ0) is 24.3. The Hall–Kier alpha value is -2.77. The fourth-order valence-corrected chi connectivity index (χ4v) is 5.71. The number of amides is 1. The number of hydrogen-bond acceptors (Lipinski definition) is 8. The first-order valence-corrected chi connectivity index (χ1v) is 12.5. The van der Waals surface area contributed by atoms with Gasteiger partial charge in [-0.3, -0.25) is 14.9 Å². The van der Waals surface area contributed by atoms with E-state index in [0.29, 0.717) is 22.2 Å². The zero-order valence-corrected chi connectivity index (χ0v) is 20.3. The van der Waals surface area contributed by atoms with Crippen LogP contribution in [0.15, 0.2) is 28.7 Å². The van der Waals surface area contributed by atoms with E-state index in [4.69, 9.17) is 16.3 Å². The summed E-state index contributed by atoms with van der Waals surface area (Å²) < 4.78 is 30.1. The molecule has 1 amide bonds. The summed E-state index contributed by atoms with van der Waals surface area (Å²) in [5.41, 5.74) is 1.08. The Balaban J connectivity index is 1.57. The van der Waals surface area contributed by atoms with Gasteiger partial charge >= 0.3 is 5.97 Å². The van der Waals surface area contributed by atoms with Crippen LogP contribution in [-0.2, 0) is 24.2 Å². The summed E-state index contributed by atoms with van der Waals surface area (Å²) in [4.78, 5) is 34.2. The van der Waals surface area contributed by atoms with Gasteiger partial charge in [-0.2, -0.15) is 5.10 Å². The number of carbonyl (C=O) groups excluding carboxylic acids is 2. The van der Waals surface area contributed by atoms with E-state index in [2.05, 4.69) is 26.3 Å². The lowest BCUT2D eigenvalue weighted by molar-refractivity contribution is -0.384. The molecule has 11 nitrogen and oxygen atoms in total. The Morgan fingerprint density at radius 1 is 1.45 bits per heavy atom. The molecule has 1 fully saturated rings. The quantitative estimate of drug-likeness (QED) is 0.234. The van der Waals surface area contributed by atoms with E-state index in [1.165, 1.54) is 29.0 Å². The van der Waals surface area contributed by atoms with Crippen molar-refractivity contribution in [2.45, 2.75) is 19.4 Å². The summed E-state index contributed by atoms with van der Waals surface area (Å²) >= 11 is 9.47. The van der Waals surface area contributed by atoms with E-state index in [-0.39, 0.29) is 34.1 Å². The molecule has 1 aromatic heterocycles. The number of halogens is 2. The Morgan fingerprint density at radius 2 is 2.18 bits per heavy atom. The lowest BCUT2D eigenvalue weighted by Crippen LogP contribution is -2.20. The number of benzene rings is 1. The number of ether oxygens (including phenoxy) is 1. The van der Waals surface area contributed by atoms with E-state index in [1.54, 1.807) is 6.92 Å². The largest absolute Gasteiger partial charge is 0.452 e. The van der Waals surface area contributed by atoms with E-state index in [1.807, 2.05) is 0 Å². The average Bonchev–Trinajstić information content (AvgIpc) is 3.24. The van der Waals surface area contributed by atoms with Crippen LogP contribution in [0, 0.1) is 17.0 Å². The standard InChI is InChI=1S/C19H18BrClN4O7S/c1-11-14(19(21)24(23-11)13-6-7-33(30,31)10-13)3-5-18(27)32-9-17(26)22-16-4-2-12(25(28)29)8-15(16)20/h2-5,8,13H,6-7,9-10H2,1H3,(H,22,26)/b5-3+/t13-/m1/s1. The molecule has 1 N–H and O–H groups in total. The number of anilines is 1. The average molecular weight is 562 g/mol. The number of nitro groups is 1. The predicted molar refractivity (Wildman–Crippen MR) is 124 cm³/mol. The first kappa shape index (κ1) is 24.9. The molecule has 0 saturated carbocycles. The van der Waals surface area contributed by atoms with Crippen LogP contribution in [0.3, 0.4) is 0 Å². The summed E-state index contributed by atoms with van der Waals surface area (Å²) in [6.45, 7) is 1.09. The summed E-state index contributed by atoms with van der Waals surface area (Å²) in [7, 11) is -3.12. The third-order valence-electron chi connectivity index (χ3n) is 4.79. The van der Waals surface area contributed by atoms with E-state index in [0.717, 1.165) is 6.08 Å². The monoisotopic (exact) mass is 560 g/mol. The van der Waals surface area contributed by atoms with Gasteiger partial charge in [-0.05, 0) is 41.4 Å². The summed E-state index contributed by atoms with van der Waals surface area (Å²) in [6, 6.07) is 3.44. The van der Waals surface area contributed by atoms with Crippen molar-refractivity contribution in [2.75, 3.05) is 23.4 Å². The minimum absolute atomic E-state index is 0.0426. The number of nitrogens with one attached hydrogen (secondary N) is 1. The van der Waals surface area contributed by atoms with Crippen molar-refractivity contribution in [1.29, 1.82) is 0 Å². The second-order valence-corrected chi connectivity index (χ2v) is 10.6. The number of non-ortho nitro benzene ring substituents is 1. The summed E-state index contributed by atoms with van der Waals surface area (Å²) in [5.74, 6) is -1.42. The van der Waals surface area contributed by atoms with Crippen molar-refractivity contribution in [1.82, 2.24) is 9.78 Å². The van der Waals surface area contributed by atoms with Crippen LogP contribution in [0.2, 0.25) is 5.15 Å². The lowest BCUT2D eigenvalue weighted by atomic mass is 10.2. The molecule has 176 valence electrons. The number of rotatable bonds is 7. The van der Waals surface area contributed by atoms with Crippen LogP contribution in [0.1, 0.15) is 23.7 Å². The maximum Gasteiger partial charge on any atom is 0.331 e. The predicted octanol–water partition coefficient (Wildman–Crippen LogP) is 3.07. The molecule has 0 radical (unpaired) electrons. The molecule has 14 heteroatoms. The molecule has 0 spiro atoms. The van der Waals surface area contributed by atoms with E-state index in [9.17, 15) is 28.1 Å². The van der Waals surface area contributed by atoms with E-state index < -0.39 is 33.2 Å². The molecule has 1 aromatic carbocycles. The molecule has 0 aliphatic carbocycles. The van der Waals surface area contributed by atoms with Crippen LogP contribution in [0.5, 0.6) is 0 Å². The highest BCUT2D eigenvalue weighted by Gasteiger charge is 2.31. The van der Waals surface area contributed by atoms with Crippen molar-refractivity contribution >= 4 is 66.7 Å². The van der Waals surface area contributed by atoms with Crippen molar-refractivity contribution in [2.24, 2.45) is 0 Å². The van der Waals surface area contributed by atoms with Gasteiger partial charge < -0.3 is 10.1 Å². The number of esters is 1. The topological polar surface area (TPSA) is 151 Å². The Kier molecular flexibility index (Phi) is 7.55. The minimum atomic E-state index is -3.12. The molecule has 0 unspecified atom stereocenters. The number of aromatic nitrogens is 2. The van der Waals surface area contributed by atoms with Gasteiger partial charge in [0.2, 0.25) is 0 Å². The molecule has 1 aliphatic rings. The number of hydrogen-bond donors (Lipinski definition) is 1. The lowest BCUT2D eigenvalue weighted by Gasteiger charge is -2.09. The normalized spacial score (nSPS) is 17.2. The van der Waals surface area contributed by atoms with Gasteiger partial charge in [0.1, 0.15) is 5.15 Å². The Bertz CT molecular complexity index is 1260. The van der Waals surface area contributed by atoms with Crippen LogP contribution >= 0.6 is 27.5 Å². The Labute approximate surface area is 201 Å². The van der Waals surface area contributed by atoms with Gasteiger partial charge in [0, 0.05) is 28.2 Å². The van der Waals surface area contributed by atoms with Gasteiger partial charge in [0.05, 0.1) is 33.9 Å². The van der Waals surface area contributed by atoms with Gasteiger partial charge in [0.15, 0.2) is 16.4 Å². The molecule has 1 saturated heterocycles. The second-order valence-electron chi connectivity index (χ2n) is 7.20. The number of carbonyl (C=O) groups is 2. The van der Waals surface area contributed by atoms with E-state index >= 15 is 0 Å². The highest BCUT2D eigenvalue weighted by molar-refractivity contribution is 9.10. The van der Waals surface area contributed by atoms with Gasteiger partial charge in [-0.15, -0.1) is 0 Å². The van der Waals surface area contributed by atoms with Crippen LogP contribution in [0.4, 0.5) is 11.4 Å². The zero-order valence-electron chi connectivity index (χ0n) is 17.2. The van der Waals surface area contributed by atoms with Crippen molar-refractivity contribution in [3.63, 3.8) is 0 Å². The second kappa shape index (κ2) is 10.0. The SMILES string of the molecule is Cc1nn([C@@H]2CCS(=O)(=O)C2)c(Cl)c1/C=C/C(=O)OCC(=O)Nc1ccc([N+](=O)[O-])cc1Br. The highest BCUT2D eigenvalue weighted by atomic mass is 79.9. The molecular formula is C19H18BrClN4O7S. The highest BCUT2D eigenvalue weighted by Crippen LogP contribution is 2.30. The fraction of sp³-hybridized carbons (Fsp3) is 0.316. The van der Waals surface area contributed by atoms with Gasteiger partial charge in [-0.1, -0.05) is 11.6 Å². The molecule has 2 heterocycles. The first-order valence-electron chi connectivity index (χ1n) is 9.50. The Morgan fingerprint density at radius 3 is 2.79 bits per heavy atom. The molecule has 1 aliphatic heterocycles. The third kappa shape index (κ3) is 6.18. The van der Waals surface area contributed by atoms with Crippen LogP contribution in [0.25, 0.3) is 6.08 Å². The summed E-state index contributed by atoms with van der Waals surface area (Å²) in [5, 5.41) is 17.7. The van der Waals surface area contributed by atoms with Gasteiger partial charge in [-0.25, -0.2) is 17.9 Å². The number of nitrogens with zero attached hydrogens (tertiary/aromatic N) is 3. The maximum absolute atomic E-state index is 12.0. The molecule has 1 atom stereocenters. The van der Waals surface area contributed by atoms with Gasteiger partial charge in [0.25, 0.3) is 11.6 Å². The minimum Gasteiger partial charge on any atom is -0.452 e. The van der Waals surface area contributed by atoms with Crippen LogP contribution < -0.4 is 5.32 Å². The smallest absolute Gasteiger partial charge is 0.331 e. The molecule has 0 bridgehead atoms. The third-order valence-corrected chi connectivity index (χ3v) is 7.58. The van der Waals surface area contributed by atoms with Crippen molar-refractivity contribution in [3.05, 3.63) is 55.3 Å². The van der Waals surface area contributed by atoms with Crippen molar-refractivity contribution in [3.8, 4) is 0 Å². The number of sulfone groups is 1. The van der Waals surface area contributed by atoms with Crippen LogP contribution in [-0.4, -0.2) is 53.1 Å². The molecule has 33 heavy (non-hydrogen) atoms. The maximum atomic E-state index is 12.0. The fourth-order valence-electron chi connectivity index (χ4n) is 3.17. The number of aryl methyl sites for hydroxylation is 1. The molecule has 3 rings (SSSR count). The number of nitro benzene ring substituents is 1. The molecule has 2 aromatic rings. The first-order chi connectivity index (χ1) is 15.5.